The van der Waals surface area contributed by atoms with Crippen LogP contribution >= 0.6 is 0 Å². The van der Waals surface area contributed by atoms with Gasteiger partial charge in [0, 0.05) is 61.6 Å². The third-order valence-corrected chi connectivity index (χ3v) is 8.72. The zero-order valence-electron chi connectivity index (χ0n) is 25.3. The molecule has 42 heavy (non-hydrogen) atoms. The molecule has 2 heterocycles. The van der Waals surface area contributed by atoms with Gasteiger partial charge in [-0.15, -0.1) is 0 Å². The predicted octanol–water partition coefficient (Wildman–Crippen LogP) is 5.59. The average Bonchev–Trinajstić information content (AvgIpc) is 3.36. The number of ether oxygens (including phenoxy) is 2. The highest BCUT2D eigenvalue weighted by Crippen LogP contribution is 2.40. The molecule has 0 spiro atoms. The van der Waals surface area contributed by atoms with E-state index in [4.69, 9.17) is 9.47 Å². The predicted molar refractivity (Wildman–Crippen MR) is 165 cm³/mol. The second kappa shape index (κ2) is 13.6. The first-order valence-electron chi connectivity index (χ1n) is 15.0. The van der Waals surface area contributed by atoms with Crippen molar-refractivity contribution in [1.82, 2.24) is 14.7 Å². The van der Waals surface area contributed by atoms with Gasteiger partial charge in [0.2, 0.25) is 0 Å². The molecule has 0 aromatic heterocycles. The molecular formula is C34H43FN4O3. The number of hydrogen-bond donors (Lipinski definition) is 0. The van der Waals surface area contributed by atoms with Crippen LogP contribution in [0.1, 0.15) is 52.9 Å². The Hall–Kier alpha value is -3.62. The van der Waals surface area contributed by atoms with Crippen molar-refractivity contribution in [3.05, 3.63) is 88.7 Å². The molecule has 3 aromatic rings. The SMILES string of the molecule is CCN1CCN(c2cccc3c2CN(C(CCCN(C)Cc2ccccc2F)c2ccc(OC)c(OC)c2)C3=O)CC1. The summed E-state index contributed by atoms with van der Waals surface area (Å²) in [6.45, 7) is 9.16. The molecule has 1 atom stereocenters. The van der Waals surface area contributed by atoms with E-state index in [0.717, 1.165) is 68.8 Å². The van der Waals surface area contributed by atoms with Crippen molar-refractivity contribution < 1.29 is 18.7 Å². The number of rotatable bonds is 12. The molecule has 8 heteroatoms. The van der Waals surface area contributed by atoms with Gasteiger partial charge in [0.05, 0.1) is 20.3 Å². The van der Waals surface area contributed by atoms with E-state index in [1.807, 2.05) is 54.4 Å². The van der Waals surface area contributed by atoms with Crippen LogP contribution in [0.2, 0.25) is 0 Å². The summed E-state index contributed by atoms with van der Waals surface area (Å²) in [6.07, 6.45) is 1.61. The van der Waals surface area contributed by atoms with Gasteiger partial charge in [0.25, 0.3) is 5.91 Å². The maximum absolute atomic E-state index is 14.2. The van der Waals surface area contributed by atoms with Crippen molar-refractivity contribution >= 4 is 11.6 Å². The van der Waals surface area contributed by atoms with Crippen LogP contribution in [0.25, 0.3) is 0 Å². The molecule has 2 aliphatic heterocycles. The number of piperazine rings is 1. The Morgan fingerprint density at radius 3 is 2.43 bits per heavy atom. The number of anilines is 1. The van der Waals surface area contributed by atoms with Gasteiger partial charge < -0.3 is 29.1 Å². The molecule has 1 unspecified atom stereocenters. The highest BCUT2D eigenvalue weighted by atomic mass is 19.1. The zero-order valence-corrected chi connectivity index (χ0v) is 25.3. The third kappa shape index (κ3) is 6.40. The van der Waals surface area contributed by atoms with E-state index in [1.165, 1.54) is 11.8 Å². The van der Waals surface area contributed by atoms with Gasteiger partial charge in [-0.1, -0.05) is 37.3 Å². The smallest absolute Gasteiger partial charge is 0.255 e. The fourth-order valence-electron chi connectivity index (χ4n) is 6.30. The Labute approximate surface area is 249 Å². The third-order valence-electron chi connectivity index (χ3n) is 8.72. The van der Waals surface area contributed by atoms with E-state index in [2.05, 4.69) is 27.7 Å². The van der Waals surface area contributed by atoms with Gasteiger partial charge in [0.15, 0.2) is 11.5 Å². The Kier molecular flexibility index (Phi) is 9.65. The van der Waals surface area contributed by atoms with Crippen molar-refractivity contribution in [3.8, 4) is 11.5 Å². The lowest BCUT2D eigenvalue weighted by Crippen LogP contribution is -2.46. The maximum atomic E-state index is 14.2. The van der Waals surface area contributed by atoms with Gasteiger partial charge in [-0.3, -0.25) is 4.79 Å². The number of amides is 1. The molecule has 0 N–H and O–H groups in total. The standard InChI is InChI=1S/C34H43FN4O3/c1-5-37-18-20-38(21-19-37)31-13-8-11-27-28(31)24-39(34(27)40)30(25-15-16-32(41-3)33(22-25)42-4)14-9-17-36(2)23-26-10-6-7-12-29(26)35/h6-8,10-13,15-16,22,30H,5,9,14,17-21,23-24H2,1-4H3. The Bertz CT molecular complexity index is 1370. The van der Waals surface area contributed by atoms with Gasteiger partial charge in [-0.05, 0) is 68.9 Å². The highest BCUT2D eigenvalue weighted by molar-refractivity contribution is 6.00. The summed E-state index contributed by atoms with van der Waals surface area (Å²) in [5.41, 5.74) is 4.80. The number of benzene rings is 3. The van der Waals surface area contributed by atoms with Gasteiger partial charge in [-0.2, -0.15) is 0 Å². The van der Waals surface area contributed by atoms with Crippen LogP contribution < -0.4 is 14.4 Å². The Balaban J connectivity index is 1.37. The Morgan fingerprint density at radius 1 is 0.952 bits per heavy atom. The zero-order chi connectivity index (χ0) is 29.6. The molecule has 3 aromatic carbocycles. The molecule has 1 fully saturated rings. The van der Waals surface area contributed by atoms with Crippen molar-refractivity contribution in [1.29, 1.82) is 0 Å². The molecule has 1 amide bonds. The summed E-state index contributed by atoms with van der Waals surface area (Å²) in [5, 5.41) is 0. The summed E-state index contributed by atoms with van der Waals surface area (Å²) in [4.78, 5) is 23.1. The first-order chi connectivity index (χ1) is 20.4. The molecule has 224 valence electrons. The molecule has 5 rings (SSSR count). The van der Waals surface area contributed by atoms with Crippen LogP contribution in [0.3, 0.4) is 0 Å². The van der Waals surface area contributed by atoms with E-state index in [0.29, 0.717) is 30.2 Å². The van der Waals surface area contributed by atoms with Crippen LogP contribution in [-0.4, -0.2) is 81.1 Å². The molecule has 7 nitrogen and oxygen atoms in total. The van der Waals surface area contributed by atoms with Crippen molar-refractivity contribution in [2.75, 3.05) is 65.4 Å². The summed E-state index contributed by atoms with van der Waals surface area (Å²) < 4.78 is 25.4. The molecule has 0 saturated carbocycles. The summed E-state index contributed by atoms with van der Waals surface area (Å²) >= 11 is 0. The van der Waals surface area contributed by atoms with Gasteiger partial charge in [-0.25, -0.2) is 4.39 Å². The number of fused-ring (bicyclic) bond motifs is 1. The normalized spacial score (nSPS) is 16.2. The number of carbonyl (C=O) groups is 1. The first kappa shape index (κ1) is 29.9. The van der Waals surface area contributed by atoms with Crippen molar-refractivity contribution in [3.63, 3.8) is 0 Å². The van der Waals surface area contributed by atoms with Crippen LogP contribution in [-0.2, 0) is 13.1 Å². The monoisotopic (exact) mass is 574 g/mol. The summed E-state index contributed by atoms with van der Waals surface area (Å²) in [5.74, 6) is 1.20. The van der Waals surface area contributed by atoms with E-state index >= 15 is 0 Å². The number of halogens is 1. The second-order valence-electron chi connectivity index (χ2n) is 11.3. The van der Waals surface area contributed by atoms with Crippen LogP contribution in [0.5, 0.6) is 11.5 Å². The lowest BCUT2D eigenvalue weighted by atomic mass is 9.99. The molecular weight excluding hydrogens is 531 g/mol. The molecule has 0 aliphatic carbocycles. The van der Waals surface area contributed by atoms with Crippen molar-refractivity contribution in [2.45, 2.75) is 38.9 Å². The molecule has 0 radical (unpaired) electrons. The fraction of sp³-hybridized carbons (Fsp3) is 0.441. The number of carbonyl (C=O) groups excluding carboxylic acids is 1. The van der Waals surface area contributed by atoms with E-state index in [1.54, 1.807) is 20.3 Å². The molecule has 2 aliphatic rings. The minimum absolute atomic E-state index is 0.0681. The average molecular weight is 575 g/mol. The van der Waals surface area contributed by atoms with E-state index in [9.17, 15) is 9.18 Å². The molecule has 0 bridgehead atoms. The fourth-order valence-corrected chi connectivity index (χ4v) is 6.30. The topological polar surface area (TPSA) is 48.5 Å². The largest absolute Gasteiger partial charge is 0.493 e. The summed E-state index contributed by atoms with van der Waals surface area (Å²) in [7, 11) is 5.28. The number of methoxy groups -OCH3 is 2. The van der Waals surface area contributed by atoms with E-state index < -0.39 is 0 Å². The van der Waals surface area contributed by atoms with Crippen LogP contribution in [0.15, 0.2) is 60.7 Å². The number of nitrogens with zero attached hydrogens (tertiary/aromatic N) is 4. The number of hydrogen-bond acceptors (Lipinski definition) is 6. The lowest BCUT2D eigenvalue weighted by molar-refractivity contribution is 0.0686. The summed E-state index contributed by atoms with van der Waals surface area (Å²) in [6, 6.07) is 18.9. The number of likely N-dealkylation sites (N-methyl/N-ethyl adjacent to an activating group) is 1. The second-order valence-corrected chi connectivity index (χ2v) is 11.3. The first-order valence-corrected chi connectivity index (χ1v) is 15.0. The van der Waals surface area contributed by atoms with Crippen LogP contribution in [0.4, 0.5) is 10.1 Å². The van der Waals surface area contributed by atoms with Crippen molar-refractivity contribution in [2.24, 2.45) is 0 Å². The minimum Gasteiger partial charge on any atom is -0.493 e. The van der Waals surface area contributed by atoms with E-state index in [-0.39, 0.29) is 17.8 Å². The van der Waals surface area contributed by atoms with Gasteiger partial charge in [0.1, 0.15) is 5.82 Å². The Morgan fingerprint density at radius 2 is 1.71 bits per heavy atom. The lowest BCUT2D eigenvalue weighted by Gasteiger charge is -2.36. The highest BCUT2D eigenvalue weighted by Gasteiger charge is 2.36. The van der Waals surface area contributed by atoms with Gasteiger partial charge >= 0.3 is 0 Å². The van der Waals surface area contributed by atoms with Crippen LogP contribution in [0, 0.1) is 5.82 Å². The maximum Gasteiger partial charge on any atom is 0.255 e. The molecule has 1 saturated heterocycles. The minimum atomic E-state index is -0.181. The quantitative estimate of drug-likeness (QED) is 0.281.